The van der Waals surface area contributed by atoms with Crippen molar-refractivity contribution >= 4 is 17.2 Å². The van der Waals surface area contributed by atoms with Gasteiger partial charge in [0.25, 0.3) is 0 Å². The fourth-order valence-electron chi connectivity index (χ4n) is 2.41. The molecule has 1 aromatic carbocycles. The van der Waals surface area contributed by atoms with Crippen LogP contribution in [0.5, 0.6) is 0 Å². The Kier molecular flexibility index (Phi) is 4.13. The summed E-state index contributed by atoms with van der Waals surface area (Å²) >= 11 is 5.08. The number of hydrogen-bond acceptors (Lipinski definition) is 2. The summed E-state index contributed by atoms with van der Waals surface area (Å²) in [6.07, 6.45) is 4.73. The van der Waals surface area contributed by atoms with Gasteiger partial charge in [-0.1, -0.05) is 49.0 Å². The largest absolute Gasteiger partial charge is 0.393 e. The van der Waals surface area contributed by atoms with E-state index in [0.29, 0.717) is 17.1 Å². The topological polar surface area (TPSA) is 29.3 Å². The Labute approximate surface area is 109 Å². The molecule has 0 bridgehead atoms. The van der Waals surface area contributed by atoms with Crippen LogP contribution in [-0.4, -0.2) is 23.0 Å². The monoisotopic (exact) mass is 248 g/mol. The highest BCUT2D eigenvalue weighted by atomic mass is 32.1. The Morgan fingerprint density at radius 2 is 2.06 bits per heavy atom. The third kappa shape index (κ3) is 3.05. The van der Waals surface area contributed by atoms with Crippen LogP contribution >= 0.6 is 12.2 Å². The van der Waals surface area contributed by atoms with E-state index in [1.165, 1.54) is 24.8 Å². The van der Waals surface area contributed by atoms with Gasteiger partial charge in [-0.25, -0.2) is 0 Å². The molecule has 2 rings (SSSR count). The first kappa shape index (κ1) is 12.5. The van der Waals surface area contributed by atoms with Crippen LogP contribution in [-0.2, 0) is 0 Å². The van der Waals surface area contributed by atoms with Crippen LogP contribution in [0.2, 0.25) is 0 Å². The number of nitrogens with two attached hydrogens (primary N) is 1. The number of hydrogen-bond donors (Lipinski definition) is 1. The van der Waals surface area contributed by atoms with Crippen molar-refractivity contribution in [2.24, 2.45) is 5.73 Å². The number of benzene rings is 1. The molecule has 0 heterocycles. The lowest BCUT2D eigenvalue weighted by atomic mass is 9.89. The highest BCUT2D eigenvalue weighted by Crippen LogP contribution is 2.32. The first-order valence-corrected chi connectivity index (χ1v) is 6.64. The van der Waals surface area contributed by atoms with Gasteiger partial charge >= 0.3 is 0 Å². The maximum Gasteiger partial charge on any atom is 0.0746 e. The molecule has 0 amide bonds. The molecule has 2 N–H and O–H groups in total. The highest BCUT2D eigenvalue weighted by molar-refractivity contribution is 7.80. The summed E-state index contributed by atoms with van der Waals surface area (Å²) < 4.78 is 0. The molecule has 0 aromatic heterocycles. The van der Waals surface area contributed by atoms with Crippen LogP contribution in [0, 0.1) is 0 Å². The van der Waals surface area contributed by atoms with Gasteiger partial charge in [-0.2, -0.15) is 0 Å². The third-order valence-corrected chi connectivity index (χ3v) is 3.89. The van der Waals surface area contributed by atoms with E-state index in [1.54, 1.807) is 0 Å². The van der Waals surface area contributed by atoms with Gasteiger partial charge in [-0.15, -0.1) is 0 Å². The van der Waals surface area contributed by atoms with Gasteiger partial charge < -0.3 is 5.73 Å². The second-order valence-electron chi connectivity index (χ2n) is 4.85. The maximum absolute atomic E-state index is 5.73. The predicted octanol–water partition coefficient (Wildman–Crippen LogP) is 2.89. The summed E-state index contributed by atoms with van der Waals surface area (Å²) in [5.41, 5.74) is 7.05. The van der Waals surface area contributed by atoms with E-state index < -0.39 is 0 Å². The van der Waals surface area contributed by atoms with Crippen molar-refractivity contribution in [3.05, 3.63) is 35.9 Å². The van der Waals surface area contributed by atoms with Gasteiger partial charge in [-0.3, -0.25) is 4.90 Å². The molecule has 3 heteroatoms. The second kappa shape index (κ2) is 5.61. The van der Waals surface area contributed by atoms with Gasteiger partial charge in [-0.05, 0) is 25.5 Å². The van der Waals surface area contributed by atoms with Crippen molar-refractivity contribution in [1.29, 1.82) is 0 Å². The van der Waals surface area contributed by atoms with Crippen LogP contribution in [0.3, 0.4) is 0 Å². The van der Waals surface area contributed by atoms with Crippen molar-refractivity contribution in [3.8, 4) is 0 Å². The fraction of sp³-hybridized carbons (Fsp3) is 0.500. The summed E-state index contributed by atoms with van der Waals surface area (Å²) in [6.45, 7) is 0. The van der Waals surface area contributed by atoms with Crippen molar-refractivity contribution in [1.82, 2.24) is 4.90 Å². The molecular weight excluding hydrogens is 228 g/mol. The smallest absolute Gasteiger partial charge is 0.0746 e. The lowest BCUT2D eigenvalue weighted by molar-refractivity contribution is 0.113. The third-order valence-electron chi connectivity index (χ3n) is 3.72. The zero-order chi connectivity index (χ0) is 12.3. The van der Waals surface area contributed by atoms with Crippen molar-refractivity contribution in [2.75, 3.05) is 7.05 Å². The zero-order valence-corrected chi connectivity index (χ0v) is 11.1. The van der Waals surface area contributed by atoms with E-state index in [0.717, 1.165) is 6.42 Å². The zero-order valence-electron chi connectivity index (χ0n) is 10.3. The summed E-state index contributed by atoms with van der Waals surface area (Å²) in [6, 6.07) is 11.6. The van der Waals surface area contributed by atoms with E-state index >= 15 is 0 Å². The molecule has 0 spiro atoms. The standard InChI is InChI=1S/C14H20N2S/c1-16(12-8-5-9-12)13(10-14(15)17)11-6-3-2-4-7-11/h2-4,6-7,12-13H,5,8-10H2,1H3,(H2,15,17). The minimum Gasteiger partial charge on any atom is -0.393 e. The summed E-state index contributed by atoms with van der Waals surface area (Å²) in [5.74, 6) is 0. The maximum atomic E-state index is 5.73. The Balaban J connectivity index is 2.15. The van der Waals surface area contributed by atoms with E-state index in [9.17, 15) is 0 Å². The minimum atomic E-state index is 0.332. The van der Waals surface area contributed by atoms with Gasteiger partial charge in [0.15, 0.2) is 0 Å². The molecule has 1 unspecified atom stereocenters. The van der Waals surface area contributed by atoms with Crippen LogP contribution in [0.1, 0.15) is 37.3 Å². The Morgan fingerprint density at radius 3 is 2.53 bits per heavy atom. The first-order chi connectivity index (χ1) is 8.18. The van der Waals surface area contributed by atoms with E-state index in [1.807, 2.05) is 6.07 Å². The number of thiocarbonyl (C=S) groups is 1. The Hall–Kier alpha value is -0.930. The quantitative estimate of drug-likeness (QED) is 0.812. The van der Waals surface area contributed by atoms with Gasteiger partial charge in [0, 0.05) is 18.5 Å². The molecule has 17 heavy (non-hydrogen) atoms. The van der Waals surface area contributed by atoms with Crippen molar-refractivity contribution < 1.29 is 0 Å². The van der Waals surface area contributed by atoms with E-state index in [-0.39, 0.29) is 0 Å². The molecule has 2 nitrogen and oxygen atoms in total. The molecule has 0 saturated heterocycles. The molecule has 1 fully saturated rings. The van der Waals surface area contributed by atoms with Gasteiger partial charge in [0.1, 0.15) is 0 Å². The average Bonchev–Trinajstić information content (AvgIpc) is 2.24. The predicted molar refractivity (Wildman–Crippen MR) is 76.0 cm³/mol. The lowest BCUT2D eigenvalue weighted by Gasteiger charge is -2.40. The fourth-order valence-corrected chi connectivity index (χ4v) is 2.57. The second-order valence-corrected chi connectivity index (χ2v) is 5.37. The molecule has 1 aromatic rings. The average molecular weight is 248 g/mol. The minimum absolute atomic E-state index is 0.332. The molecule has 1 aliphatic rings. The van der Waals surface area contributed by atoms with Crippen LogP contribution in [0.25, 0.3) is 0 Å². The summed E-state index contributed by atoms with van der Waals surface area (Å²) in [5, 5.41) is 0. The molecule has 1 aliphatic carbocycles. The van der Waals surface area contributed by atoms with E-state index in [2.05, 4.69) is 36.2 Å². The van der Waals surface area contributed by atoms with Crippen molar-refractivity contribution in [2.45, 2.75) is 37.8 Å². The van der Waals surface area contributed by atoms with E-state index in [4.69, 9.17) is 18.0 Å². The van der Waals surface area contributed by atoms with Gasteiger partial charge in [0.2, 0.25) is 0 Å². The molecule has 0 radical (unpaired) electrons. The molecule has 0 aliphatic heterocycles. The SMILES string of the molecule is CN(C1CCC1)C(CC(N)=S)c1ccccc1. The molecule has 92 valence electrons. The Morgan fingerprint density at radius 1 is 1.41 bits per heavy atom. The number of nitrogens with zero attached hydrogens (tertiary/aromatic N) is 1. The summed E-state index contributed by atoms with van der Waals surface area (Å²) in [4.78, 5) is 3.04. The van der Waals surface area contributed by atoms with Crippen molar-refractivity contribution in [3.63, 3.8) is 0 Å². The highest BCUT2D eigenvalue weighted by Gasteiger charge is 2.28. The molecular formula is C14H20N2S. The molecule has 1 saturated carbocycles. The number of rotatable bonds is 5. The van der Waals surface area contributed by atoms with Crippen LogP contribution < -0.4 is 5.73 Å². The molecule has 1 atom stereocenters. The van der Waals surface area contributed by atoms with Crippen LogP contribution in [0.4, 0.5) is 0 Å². The normalized spacial score (nSPS) is 17.8. The lowest BCUT2D eigenvalue weighted by Crippen LogP contribution is -2.40. The first-order valence-electron chi connectivity index (χ1n) is 6.23. The summed E-state index contributed by atoms with van der Waals surface area (Å²) in [7, 11) is 2.19. The Bertz CT molecular complexity index is 373. The van der Waals surface area contributed by atoms with Crippen LogP contribution in [0.15, 0.2) is 30.3 Å². The van der Waals surface area contributed by atoms with Gasteiger partial charge in [0.05, 0.1) is 4.99 Å².